The predicted octanol–water partition coefficient (Wildman–Crippen LogP) is 1.57. The van der Waals surface area contributed by atoms with Crippen LogP contribution in [-0.4, -0.2) is 59.9 Å². The number of imide groups is 1. The summed E-state index contributed by atoms with van der Waals surface area (Å²) < 4.78 is 4.95. The predicted molar refractivity (Wildman–Crippen MR) is 107 cm³/mol. The maximum Gasteiger partial charge on any atom is 0.325 e. The molecule has 1 N–H and O–H groups in total. The van der Waals surface area contributed by atoms with Crippen molar-refractivity contribution in [3.05, 3.63) is 35.4 Å². The Labute approximate surface area is 175 Å². The summed E-state index contributed by atoms with van der Waals surface area (Å²) in [4.78, 5) is 53.2. The van der Waals surface area contributed by atoms with Crippen LogP contribution in [0, 0.1) is 5.92 Å². The van der Waals surface area contributed by atoms with Gasteiger partial charge >= 0.3 is 12.0 Å². The van der Waals surface area contributed by atoms with Crippen LogP contribution in [0.4, 0.5) is 4.79 Å². The Morgan fingerprint density at radius 3 is 2.77 bits per heavy atom. The molecule has 4 amide bonds. The van der Waals surface area contributed by atoms with E-state index in [2.05, 4.69) is 5.32 Å². The first-order valence-corrected chi connectivity index (χ1v) is 10.6. The molecule has 1 aliphatic heterocycles. The minimum absolute atomic E-state index is 0.101. The van der Waals surface area contributed by atoms with Crippen LogP contribution in [0.3, 0.4) is 0 Å². The molecule has 2 fully saturated rings. The standard InChI is InChI=1S/C22H27N3O5/c1-2-30-19(27)10-12-24(13-15-7-8-15)18(26)14-25-20(28)22(23-21(25)29)11-9-16-5-3-4-6-17(16)22/h3-6,15H,2,7-14H2,1H3,(H,23,29). The van der Waals surface area contributed by atoms with Gasteiger partial charge in [0.15, 0.2) is 0 Å². The number of esters is 1. The lowest BCUT2D eigenvalue weighted by molar-refractivity contribution is -0.145. The maximum absolute atomic E-state index is 13.2. The highest BCUT2D eigenvalue weighted by Gasteiger charge is 2.55. The molecular weight excluding hydrogens is 386 g/mol. The molecule has 1 heterocycles. The van der Waals surface area contributed by atoms with Crippen molar-refractivity contribution in [3.63, 3.8) is 0 Å². The number of carbonyl (C=O) groups is 4. The van der Waals surface area contributed by atoms with Gasteiger partial charge in [-0.3, -0.25) is 19.3 Å². The van der Waals surface area contributed by atoms with Gasteiger partial charge in [0.2, 0.25) is 5.91 Å². The van der Waals surface area contributed by atoms with Crippen LogP contribution in [0.2, 0.25) is 0 Å². The zero-order chi connectivity index (χ0) is 21.3. The molecule has 8 heteroatoms. The normalized spacial score (nSPS) is 22.2. The third-order valence-electron chi connectivity index (χ3n) is 6.13. The number of benzene rings is 1. The monoisotopic (exact) mass is 413 g/mol. The van der Waals surface area contributed by atoms with E-state index >= 15 is 0 Å². The second kappa shape index (κ2) is 8.08. The summed E-state index contributed by atoms with van der Waals surface area (Å²) in [6.45, 7) is 2.48. The molecule has 1 saturated heterocycles. The average Bonchev–Trinajstić information content (AvgIpc) is 3.44. The van der Waals surface area contributed by atoms with E-state index in [4.69, 9.17) is 4.74 Å². The second-order valence-corrected chi connectivity index (χ2v) is 8.22. The highest BCUT2D eigenvalue weighted by molar-refractivity contribution is 6.09. The van der Waals surface area contributed by atoms with Gasteiger partial charge in [0.1, 0.15) is 12.1 Å². The van der Waals surface area contributed by atoms with Gasteiger partial charge < -0.3 is 15.0 Å². The summed E-state index contributed by atoms with van der Waals surface area (Å²) in [7, 11) is 0. The van der Waals surface area contributed by atoms with E-state index in [1.54, 1.807) is 11.8 Å². The van der Waals surface area contributed by atoms with E-state index in [0.29, 0.717) is 31.9 Å². The summed E-state index contributed by atoms with van der Waals surface area (Å²) in [5.74, 6) is -0.629. The largest absolute Gasteiger partial charge is 0.466 e. The highest BCUT2D eigenvalue weighted by Crippen LogP contribution is 2.41. The van der Waals surface area contributed by atoms with Gasteiger partial charge in [-0.2, -0.15) is 0 Å². The van der Waals surface area contributed by atoms with Crippen LogP contribution in [-0.2, 0) is 31.1 Å². The van der Waals surface area contributed by atoms with Gasteiger partial charge in [-0.15, -0.1) is 0 Å². The third kappa shape index (κ3) is 3.78. The lowest BCUT2D eigenvalue weighted by Gasteiger charge is -2.25. The molecule has 4 rings (SSSR count). The molecule has 0 aromatic heterocycles. The summed E-state index contributed by atoms with van der Waals surface area (Å²) in [5.41, 5.74) is 0.791. The second-order valence-electron chi connectivity index (χ2n) is 8.22. The zero-order valence-corrected chi connectivity index (χ0v) is 17.2. The minimum atomic E-state index is -1.07. The van der Waals surface area contributed by atoms with E-state index in [1.165, 1.54) is 0 Å². The van der Waals surface area contributed by atoms with Crippen LogP contribution in [0.25, 0.3) is 0 Å². The van der Waals surface area contributed by atoms with Crippen LogP contribution in [0.15, 0.2) is 24.3 Å². The Morgan fingerprint density at radius 1 is 1.27 bits per heavy atom. The summed E-state index contributed by atoms with van der Waals surface area (Å²) in [6, 6.07) is 7.06. The van der Waals surface area contributed by atoms with Crippen molar-refractivity contribution in [2.45, 2.75) is 44.6 Å². The van der Waals surface area contributed by atoms with Gasteiger partial charge in [-0.1, -0.05) is 24.3 Å². The fourth-order valence-electron chi connectivity index (χ4n) is 4.36. The van der Waals surface area contributed by atoms with Crippen molar-refractivity contribution < 1.29 is 23.9 Å². The number of carbonyl (C=O) groups excluding carboxylic acids is 4. The molecule has 1 atom stereocenters. The van der Waals surface area contributed by atoms with Crippen LogP contribution < -0.4 is 5.32 Å². The molecule has 1 spiro atoms. The number of hydrogen-bond acceptors (Lipinski definition) is 5. The Kier molecular flexibility index (Phi) is 5.49. The lowest BCUT2D eigenvalue weighted by atomic mass is 9.92. The van der Waals surface area contributed by atoms with E-state index in [0.717, 1.165) is 28.9 Å². The van der Waals surface area contributed by atoms with E-state index in [-0.39, 0.29) is 37.3 Å². The Bertz CT molecular complexity index is 881. The van der Waals surface area contributed by atoms with E-state index in [1.807, 2.05) is 24.3 Å². The van der Waals surface area contributed by atoms with Gasteiger partial charge in [0.05, 0.1) is 13.0 Å². The first-order valence-electron chi connectivity index (χ1n) is 10.6. The first-order chi connectivity index (χ1) is 14.4. The molecule has 30 heavy (non-hydrogen) atoms. The zero-order valence-electron chi connectivity index (χ0n) is 17.2. The third-order valence-corrected chi connectivity index (χ3v) is 6.13. The molecule has 0 bridgehead atoms. The van der Waals surface area contributed by atoms with Crippen LogP contribution >= 0.6 is 0 Å². The fourth-order valence-corrected chi connectivity index (χ4v) is 4.36. The van der Waals surface area contributed by atoms with Crippen molar-refractivity contribution in [1.82, 2.24) is 15.1 Å². The van der Waals surface area contributed by atoms with Crippen LogP contribution in [0.5, 0.6) is 0 Å². The summed E-state index contributed by atoms with van der Waals surface area (Å²) >= 11 is 0. The van der Waals surface area contributed by atoms with Crippen LogP contribution in [0.1, 0.15) is 43.7 Å². The maximum atomic E-state index is 13.2. The molecule has 1 saturated carbocycles. The smallest absolute Gasteiger partial charge is 0.325 e. The lowest BCUT2D eigenvalue weighted by Crippen LogP contribution is -2.45. The Morgan fingerprint density at radius 2 is 2.03 bits per heavy atom. The number of rotatable bonds is 8. The number of nitrogens with one attached hydrogen (secondary N) is 1. The number of amides is 4. The number of aryl methyl sites for hydroxylation is 1. The van der Waals surface area contributed by atoms with Crippen molar-refractivity contribution in [1.29, 1.82) is 0 Å². The molecule has 0 radical (unpaired) electrons. The summed E-state index contributed by atoms with van der Waals surface area (Å²) in [6.07, 6.45) is 3.40. The topological polar surface area (TPSA) is 96.0 Å². The average molecular weight is 413 g/mol. The van der Waals surface area contributed by atoms with Crippen molar-refractivity contribution >= 4 is 23.8 Å². The SMILES string of the molecule is CCOC(=O)CCN(CC1CC1)C(=O)CN1C(=O)NC2(CCc3ccccc32)C1=O. The van der Waals surface area contributed by atoms with Gasteiger partial charge in [0, 0.05) is 13.1 Å². The number of hydrogen-bond donors (Lipinski definition) is 1. The van der Waals surface area contributed by atoms with Crippen molar-refractivity contribution in [3.8, 4) is 0 Å². The fraction of sp³-hybridized carbons (Fsp3) is 0.545. The van der Waals surface area contributed by atoms with E-state index < -0.39 is 11.6 Å². The number of ether oxygens (including phenoxy) is 1. The number of nitrogens with zero attached hydrogens (tertiary/aromatic N) is 2. The highest BCUT2D eigenvalue weighted by atomic mass is 16.5. The van der Waals surface area contributed by atoms with E-state index in [9.17, 15) is 19.2 Å². The Balaban J connectivity index is 1.45. The first kappa shape index (κ1) is 20.4. The molecule has 2 aliphatic carbocycles. The summed E-state index contributed by atoms with van der Waals surface area (Å²) in [5, 5.41) is 2.84. The number of fused-ring (bicyclic) bond motifs is 2. The Hall–Kier alpha value is -2.90. The minimum Gasteiger partial charge on any atom is -0.466 e. The molecule has 1 unspecified atom stereocenters. The molecule has 160 valence electrons. The quantitative estimate of drug-likeness (QED) is 0.516. The van der Waals surface area contributed by atoms with Gasteiger partial charge in [-0.05, 0) is 49.7 Å². The van der Waals surface area contributed by atoms with Gasteiger partial charge in [-0.25, -0.2) is 4.79 Å². The number of urea groups is 1. The molecule has 1 aromatic carbocycles. The molecule has 1 aromatic rings. The van der Waals surface area contributed by atoms with Crippen molar-refractivity contribution in [2.24, 2.45) is 5.92 Å². The van der Waals surface area contributed by atoms with Crippen molar-refractivity contribution in [2.75, 3.05) is 26.2 Å². The molecule has 3 aliphatic rings. The molecule has 8 nitrogen and oxygen atoms in total. The molecular formula is C22H27N3O5. The van der Waals surface area contributed by atoms with Gasteiger partial charge in [0.25, 0.3) is 5.91 Å².